The number of carbonyl (C=O) groups excluding carboxylic acids is 1. The van der Waals surface area contributed by atoms with Crippen LogP contribution in [0.5, 0.6) is 0 Å². The van der Waals surface area contributed by atoms with Crippen molar-refractivity contribution in [3.8, 4) is 0 Å². The number of fused-ring (bicyclic) bond motifs is 1. The SMILES string of the molecule is CC(C)(C)c1ccc(C2c3sc(=S)[nH]c3SCC2C=O)cc1. The molecule has 22 heavy (non-hydrogen) atoms. The van der Waals surface area contributed by atoms with E-state index in [0.717, 1.165) is 21.0 Å². The molecule has 5 heteroatoms. The highest BCUT2D eigenvalue weighted by molar-refractivity contribution is 7.99. The van der Waals surface area contributed by atoms with Crippen LogP contribution < -0.4 is 0 Å². The lowest BCUT2D eigenvalue weighted by molar-refractivity contribution is -0.110. The molecular weight excluding hydrogens is 330 g/mol. The largest absolute Gasteiger partial charge is 0.332 e. The Kier molecular flexibility index (Phi) is 4.32. The van der Waals surface area contributed by atoms with Crippen molar-refractivity contribution in [2.75, 3.05) is 5.75 Å². The molecule has 2 aromatic rings. The summed E-state index contributed by atoms with van der Waals surface area (Å²) in [6, 6.07) is 8.71. The van der Waals surface area contributed by atoms with Crippen LogP contribution in [-0.4, -0.2) is 17.0 Å². The van der Waals surface area contributed by atoms with Gasteiger partial charge in [-0.05, 0) is 28.8 Å². The number of thiazole rings is 1. The zero-order valence-electron chi connectivity index (χ0n) is 12.9. The van der Waals surface area contributed by atoms with Crippen molar-refractivity contribution in [3.63, 3.8) is 0 Å². The molecule has 1 aliphatic heterocycles. The van der Waals surface area contributed by atoms with Gasteiger partial charge in [-0.25, -0.2) is 0 Å². The van der Waals surface area contributed by atoms with E-state index in [1.165, 1.54) is 16.0 Å². The summed E-state index contributed by atoms with van der Waals surface area (Å²) >= 11 is 8.60. The summed E-state index contributed by atoms with van der Waals surface area (Å²) in [6.07, 6.45) is 1.10. The summed E-state index contributed by atoms with van der Waals surface area (Å²) in [4.78, 5) is 16.0. The Morgan fingerprint density at radius 2 is 1.95 bits per heavy atom. The summed E-state index contributed by atoms with van der Waals surface area (Å²) in [7, 11) is 0. The maximum atomic E-state index is 11.5. The molecule has 3 rings (SSSR count). The summed E-state index contributed by atoms with van der Waals surface area (Å²) in [5.74, 6) is 0.949. The van der Waals surface area contributed by atoms with Crippen LogP contribution in [0.4, 0.5) is 0 Å². The maximum absolute atomic E-state index is 11.5. The minimum Gasteiger partial charge on any atom is -0.332 e. The molecule has 2 atom stereocenters. The van der Waals surface area contributed by atoms with E-state index in [2.05, 4.69) is 50.0 Å². The lowest BCUT2D eigenvalue weighted by atomic mass is 9.82. The van der Waals surface area contributed by atoms with E-state index in [-0.39, 0.29) is 17.3 Å². The molecule has 0 radical (unpaired) electrons. The average molecular weight is 350 g/mol. The number of aromatic nitrogens is 1. The second-order valence-electron chi connectivity index (χ2n) is 6.67. The Hall–Kier alpha value is -0.910. The van der Waals surface area contributed by atoms with Gasteiger partial charge in [0, 0.05) is 22.5 Å². The van der Waals surface area contributed by atoms with Crippen LogP contribution in [0, 0.1) is 9.87 Å². The van der Waals surface area contributed by atoms with E-state index in [9.17, 15) is 4.79 Å². The van der Waals surface area contributed by atoms with Crippen molar-refractivity contribution >= 4 is 41.6 Å². The number of rotatable bonds is 2. The number of nitrogens with one attached hydrogen (secondary N) is 1. The van der Waals surface area contributed by atoms with Crippen LogP contribution in [0.1, 0.15) is 42.7 Å². The Morgan fingerprint density at radius 1 is 1.27 bits per heavy atom. The quantitative estimate of drug-likeness (QED) is 0.601. The zero-order valence-corrected chi connectivity index (χ0v) is 15.3. The van der Waals surface area contributed by atoms with Gasteiger partial charge in [0.1, 0.15) is 6.29 Å². The van der Waals surface area contributed by atoms with Crippen LogP contribution in [0.3, 0.4) is 0 Å². The van der Waals surface area contributed by atoms with Crippen LogP contribution in [-0.2, 0) is 10.2 Å². The van der Waals surface area contributed by atoms with Crippen molar-refractivity contribution in [2.24, 2.45) is 5.92 Å². The highest BCUT2D eigenvalue weighted by Gasteiger charge is 2.33. The van der Waals surface area contributed by atoms with Gasteiger partial charge in [0.2, 0.25) is 0 Å². The Balaban J connectivity index is 2.04. The topological polar surface area (TPSA) is 32.9 Å². The molecule has 0 amide bonds. The molecule has 1 aliphatic rings. The molecule has 0 aliphatic carbocycles. The second kappa shape index (κ2) is 5.95. The van der Waals surface area contributed by atoms with E-state index in [4.69, 9.17) is 12.2 Å². The number of benzene rings is 1. The molecule has 2 heterocycles. The van der Waals surface area contributed by atoms with Crippen molar-refractivity contribution in [1.29, 1.82) is 0 Å². The molecule has 1 aromatic carbocycles. The molecule has 0 bridgehead atoms. The molecule has 1 aromatic heterocycles. The van der Waals surface area contributed by atoms with Gasteiger partial charge >= 0.3 is 0 Å². The van der Waals surface area contributed by atoms with Gasteiger partial charge in [0.05, 0.1) is 5.03 Å². The van der Waals surface area contributed by atoms with Crippen molar-refractivity contribution in [1.82, 2.24) is 4.98 Å². The van der Waals surface area contributed by atoms with Gasteiger partial charge in [0.25, 0.3) is 0 Å². The van der Waals surface area contributed by atoms with Gasteiger partial charge in [-0.1, -0.05) is 45.0 Å². The van der Waals surface area contributed by atoms with Gasteiger partial charge in [-0.2, -0.15) is 0 Å². The highest BCUT2D eigenvalue weighted by Crippen LogP contribution is 2.45. The molecule has 0 saturated heterocycles. The smallest absolute Gasteiger partial charge is 0.159 e. The molecule has 2 nitrogen and oxygen atoms in total. The third-order valence-electron chi connectivity index (χ3n) is 4.08. The van der Waals surface area contributed by atoms with Gasteiger partial charge < -0.3 is 9.78 Å². The van der Waals surface area contributed by atoms with E-state index < -0.39 is 0 Å². The Labute approximate surface area is 144 Å². The summed E-state index contributed by atoms with van der Waals surface area (Å²) in [6.45, 7) is 6.63. The predicted octanol–water partition coefficient (Wildman–Crippen LogP) is 5.16. The molecule has 0 fully saturated rings. The predicted molar refractivity (Wildman–Crippen MR) is 96.8 cm³/mol. The number of hydrogen-bond donors (Lipinski definition) is 1. The lowest BCUT2D eigenvalue weighted by Gasteiger charge is -2.28. The third kappa shape index (κ3) is 2.94. The van der Waals surface area contributed by atoms with Gasteiger partial charge in [-0.15, -0.1) is 23.1 Å². The average Bonchev–Trinajstić information content (AvgIpc) is 2.85. The number of carbonyl (C=O) groups is 1. The number of aromatic amines is 1. The van der Waals surface area contributed by atoms with Crippen LogP contribution in [0.25, 0.3) is 0 Å². The summed E-state index contributed by atoms with van der Waals surface area (Å²) < 4.78 is 0.792. The first kappa shape index (κ1) is 16.0. The zero-order chi connectivity index (χ0) is 15.9. The van der Waals surface area contributed by atoms with E-state index in [1.54, 1.807) is 23.1 Å². The van der Waals surface area contributed by atoms with E-state index in [1.807, 2.05) is 0 Å². The third-order valence-corrected chi connectivity index (χ3v) is 6.69. The van der Waals surface area contributed by atoms with Gasteiger partial charge in [0.15, 0.2) is 3.95 Å². The molecular formula is C17H19NOS3. The molecule has 0 spiro atoms. The Morgan fingerprint density at radius 3 is 2.55 bits per heavy atom. The van der Waals surface area contributed by atoms with Crippen LogP contribution in [0.2, 0.25) is 0 Å². The normalized spacial score (nSPS) is 21.4. The monoisotopic (exact) mass is 349 g/mol. The Bertz CT molecular complexity index is 736. The van der Waals surface area contributed by atoms with E-state index in [0.29, 0.717) is 0 Å². The molecule has 1 N–H and O–H groups in total. The number of thioether (sulfide) groups is 1. The first-order valence-electron chi connectivity index (χ1n) is 7.31. The fraction of sp³-hybridized carbons (Fsp3) is 0.412. The first-order chi connectivity index (χ1) is 10.4. The van der Waals surface area contributed by atoms with E-state index >= 15 is 0 Å². The molecule has 2 unspecified atom stereocenters. The van der Waals surface area contributed by atoms with Gasteiger partial charge in [-0.3, -0.25) is 0 Å². The van der Waals surface area contributed by atoms with Crippen molar-refractivity contribution in [3.05, 3.63) is 44.2 Å². The minimum atomic E-state index is 0.0134. The molecule has 116 valence electrons. The van der Waals surface area contributed by atoms with Crippen LogP contribution in [0.15, 0.2) is 29.3 Å². The number of aldehydes is 1. The lowest BCUT2D eigenvalue weighted by Crippen LogP contribution is -2.21. The first-order valence-corrected chi connectivity index (χ1v) is 9.52. The maximum Gasteiger partial charge on any atom is 0.159 e. The fourth-order valence-corrected chi connectivity index (χ4v) is 5.63. The molecule has 0 saturated carbocycles. The standard InChI is InChI=1S/C17H19NOS3/c1-17(2,3)12-6-4-10(5-7-12)13-11(8-19)9-21-15-14(13)22-16(20)18-15/h4-8,11,13H,9H2,1-3H3,(H,18,20). The van der Waals surface area contributed by atoms with Crippen molar-refractivity contribution in [2.45, 2.75) is 37.1 Å². The fourth-order valence-electron chi connectivity index (χ4n) is 2.82. The van der Waals surface area contributed by atoms with Crippen LogP contribution >= 0.6 is 35.3 Å². The van der Waals surface area contributed by atoms with Crippen molar-refractivity contribution < 1.29 is 4.79 Å². The minimum absolute atomic E-state index is 0.0134. The number of hydrogen-bond acceptors (Lipinski definition) is 4. The summed E-state index contributed by atoms with van der Waals surface area (Å²) in [5, 5.41) is 1.14. The highest BCUT2D eigenvalue weighted by atomic mass is 32.2. The number of H-pyrrole nitrogens is 1. The summed E-state index contributed by atoms with van der Waals surface area (Å²) in [5.41, 5.74) is 2.66. The second-order valence-corrected chi connectivity index (χ2v) is 9.42.